The SMILES string of the molecule is O=C(Cc1cccs1)Nn1c(-c2ccccc2F)nc2ccccc2c1=O. The molecule has 2 heterocycles. The second kappa shape index (κ2) is 7.13. The smallest absolute Gasteiger partial charge is 0.273 e. The minimum atomic E-state index is -0.527. The molecule has 27 heavy (non-hydrogen) atoms. The molecule has 0 atom stereocenters. The van der Waals surface area contributed by atoms with Crippen LogP contribution in [0.1, 0.15) is 4.88 Å². The van der Waals surface area contributed by atoms with E-state index in [0.717, 1.165) is 9.55 Å². The van der Waals surface area contributed by atoms with Crippen LogP contribution in [0.4, 0.5) is 4.39 Å². The zero-order valence-electron chi connectivity index (χ0n) is 14.1. The lowest BCUT2D eigenvalue weighted by Gasteiger charge is -2.15. The van der Waals surface area contributed by atoms with Crippen molar-refractivity contribution < 1.29 is 9.18 Å². The summed E-state index contributed by atoms with van der Waals surface area (Å²) >= 11 is 1.45. The summed E-state index contributed by atoms with van der Waals surface area (Å²) < 4.78 is 15.4. The number of aromatic nitrogens is 2. The lowest BCUT2D eigenvalue weighted by molar-refractivity contribution is -0.116. The average Bonchev–Trinajstić information content (AvgIpc) is 3.17. The number of carbonyl (C=O) groups is 1. The standard InChI is InChI=1S/C20H14FN3O2S/c21-16-9-3-1-7-14(16)19-22-17-10-4-2-8-15(17)20(26)24(19)23-18(25)12-13-6-5-11-27-13/h1-11H,12H2,(H,23,25). The maximum absolute atomic E-state index is 14.4. The number of halogens is 1. The third-order valence-electron chi connectivity index (χ3n) is 4.04. The van der Waals surface area contributed by atoms with E-state index in [4.69, 9.17) is 0 Å². The number of carbonyl (C=O) groups excluding carboxylic acids is 1. The van der Waals surface area contributed by atoms with Gasteiger partial charge in [0.2, 0.25) is 5.91 Å². The van der Waals surface area contributed by atoms with Crippen LogP contribution in [0.5, 0.6) is 0 Å². The number of para-hydroxylation sites is 1. The summed E-state index contributed by atoms with van der Waals surface area (Å²) in [5, 5.41) is 2.21. The third-order valence-corrected chi connectivity index (χ3v) is 4.92. The van der Waals surface area contributed by atoms with Crippen molar-refractivity contribution in [3.8, 4) is 11.4 Å². The second-order valence-electron chi connectivity index (χ2n) is 5.86. The van der Waals surface area contributed by atoms with Crippen LogP contribution < -0.4 is 11.0 Å². The Morgan fingerprint density at radius 3 is 2.63 bits per heavy atom. The monoisotopic (exact) mass is 379 g/mol. The molecule has 0 aliphatic carbocycles. The Morgan fingerprint density at radius 1 is 1.07 bits per heavy atom. The summed E-state index contributed by atoms with van der Waals surface area (Å²) in [7, 11) is 0. The molecule has 1 amide bonds. The van der Waals surface area contributed by atoms with Gasteiger partial charge in [0.1, 0.15) is 5.82 Å². The summed E-state index contributed by atoms with van der Waals surface area (Å²) in [6.07, 6.45) is 0.119. The molecule has 1 N–H and O–H groups in total. The first-order chi connectivity index (χ1) is 13.1. The number of thiophene rings is 1. The predicted molar refractivity (Wildman–Crippen MR) is 104 cm³/mol. The molecule has 0 saturated carbocycles. The van der Waals surface area contributed by atoms with Crippen LogP contribution >= 0.6 is 11.3 Å². The Morgan fingerprint density at radius 2 is 1.85 bits per heavy atom. The van der Waals surface area contributed by atoms with Crippen LogP contribution in [0.25, 0.3) is 22.3 Å². The van der Waals surface area contributed by atoms with Gasteiger partial charge in [0.15, 0.2) is 5.82 Å². The molecule has 0 unspecified atom stereocenters. The van der Waals surface area contributed by atoms with E-state index in [2.05, 4.69) is 10.4 Å². The summed E-state index contributed by atoms with van der Waals surface area (Å²) in [5.41, 5.74) is 2.69. The number of amides is 1. The van der Waals surface area contributed by atoms with Gasteiger partial charge in [-0.3, -0.25) is 15.0 Å². The Labute approximate surface area is 157 Å². The zero-order chi connectivity index (χ0) is 18.8. The maximum Gasteiger partial charge on any atom is 0.280 e. The largest absolute Gasteiger partial charge is 0.280 e. The van der Waals surface area contributed by atoms with Crippen LogP contribution in [0.15, 0.2) is 70.8 Å². The lowest BCUT2D eigenvalue weighted by Crippen LogP contribution is -2.35. The summed E-state index contributed by atoms with van der Waals surface area (Å²) in [6.45, 7) is 0. The van der Waals surface area contributed by atoms with Gasteiger partial charge in [-0.2, -0.15) is 4.68 Å². The van der Waals surface area contributed by atoms with E-state index in [-0.39, 0.29) is 23.7 Å². The Balaban J connectivity index is 1.85. The molecule has 5 nitrogen and oxygen atoms in total. The highest BCUT2D eigenvalue weighted by Gasteiger charge is 2.17. The molecule has 2 aromatic heterocycles. The van der Waals surface area contributed by atoms with E-state index in [0.29, 0.717) is 10.9 Å². The first kappa shape index (κ1) is 17.1. The van der Waals surface area contributed by atoms with Gasteiger partial charge in [-0.05, 0) is 35.7 Å². The number of hydrogen-bond donors (Lipinski definition) is 1. The molecule has 4 rings (SSSR count). The molecule has 134 valence electrons. The maximum atomic E-state index is 14.4. The van der Waals surface area contributed by atoms with Crippen LogP contribution in [0.2, 0.25) is 0 Å². The predicted octanol–water partition coefficient (Wildman–Crippen LogP) is 3.58. The van der Waals surface area contributed by atoms with E-state index in [1.807, 2.05) is 17.5 Å². The minimum absolute atomic E-state index is 0.0522. The summed E-state index contributed by atoms with van der Waals surface area (Å²) in [4.78, 5) is 30.7. The van der Waals surface area contributed by atoms with Crippen LogP contribution in [-0.4, -0.2) is 15.6 Å². The normalized spacial score (nSPS) is 10.9. The van der Waals surface area contributed by atoms with Crippen LogP contribution in [0, 0.1) is 5.82 Å². The van der Waals surface area contributed by atoms with Gasteiger partial charge < -0.3 is 0 Å². The van der Waals surface area contributed by atoms with E-state index >= 15 is 0 Å². The second-order valence-corrected chi connectivity index (χ2v) is 6.90. The van der Waals surface area contributed by atoms with Gasteiger partial charge in [0.25, 0.3) is 5.56 Å². The fourth-order valence-electron chi connectivity index (χ4n) is 2.80. The average molecular weight is 379 g/mol. The van der Waals surface area contributed by atoms with E-state index in [1.165, 1.54) is 23.5 Å². The molecular formula is C20H14FN3O2S. The first-order valence-corrected chi connectivity index (χ1v) is 9.10. The molecule has 0 bridgehead atoms. The number of benzene rings is 2. The molecule has 7 heteroatoms. The van der Waals surface area contributed by atoms with Gasteiger partial charge in [0, 0.05) is 4.88 Å². The van der Waals surface area contributed by atoms with Crippen molar-refractivity contribution in [1.82, 2.24) is 9.66 Å². The molecule has 4 aromatic rings. The molecule has 0 saturated heterocycles. The molecule has 0 radical (unpaired) electrons. The quantitative estimate of drug-likeness (QED) is 0.590. The lowest BCUT2D eigenvalue weighted by atomic mass is 10.1. The van der Waals surface area contributed by atoms with E-state index in [1.54, 1.807) is 36.4 Å². The van der Waals surface area contributed by atoms with E-state index in [9.17, 15) is 14.0 Å². The number of rotatable bonds is 4. The van der Waals surface area contributed by atoms with Gasteiger partial charge in [-0.25, -0.2) is 9.37 Å². The first-order valence-electron chi connectivity index (χ1n) is 8.22. The van der Waals surface area contributed by atoms with Crippen molar-refractivity contribution in [2.45, 2.75) is 6.42 Å². The number of nitrogens with zero attached hydrogens (tertiary/aromatic N) is 2. The Hall–Kier alpha value is -3.32. The van der Waals surface area contributed by atoms with Gasteiger partial charge in [-0.15, -0.1) is 11.3 Å². The molecular weight excluding hydrogens is 365 g/mol. The zero-order valence-corrected chi connectivity index (χ0v) is 14.9. The third kappa shape index (κ3) is 3.37. The van der Waals surface area contributed by atoms with Gasteiger partial charge in [-0.1, -0.05) is 30.3 Å². The van der Waals surface area contributed by atoms with Gasteiger partial charge >= 0.3 is 0 Å². The van der Waals surface area contributed by atoms with Crippen LogP contribution in [-0.2, 0) is 11.2 Å². The van der Waals surface area contributed by atoms with Crippen molar-refractivity contribution in [3.63, 3.8) is 0 Å². The molecule has 0 aliphatic rings. The summed E-state index contributed by atoms with van der Waals surface area (Å²) in [6, 6.07) is 16.5. The van der Waals surface area contributed by atoms with Gasteiger partial charge in [0.05, 0.1) is 22.9 Å². The molecule has 0 aliphatic heterocycles. The Kier molecular flexibility index (Phi) is 4.52. The number of nitrogens with one attached hydrogen (secondary N) is 1. The van der Waals surface area contributed by atoms with Crippen molar-refractivity contribution in [3.05, 3.63) is 87.1 Å². The highest BCUT2D eigenvalue weighted by molar-refractivity contribution is 7.10. The minimum Gasteiger partial charge on any atom is -0.273 e. The molecule has 2 aromatic carbocycles. The van der Waals surface area contributed by atoms with Crippen LogP contribution in [0.3, 0.4) is 0 Å². The highest BCUT2D eigenvalue weighted by Crippen LogP contribution is 2.21. The van der Waals surface area contributed by atoms with Crippen molar-refractivity contribution in [2.24, 2.45) is 0 Å². The number of hydrogen-bond acceptors (Lipinski definition) is 4. The topological polar surface area (TPSA) is 64.0 Å². The summed E-state index contributed by atoms with van der Waals surface area (Å²) in [5.74, 6) is -0.855. The van der Waals surface area contributed by atoms with E-state index < -0.39 is 11.4 Å². The van der Waals surface area contributed by atoms with Crippen molar-refractivity contribution in [1.29, 1.82) is 0 Å². The molecule has 0 fully saturated rings. The fraction of sp³-hybridized carbons (Fsp3) is 0.0500. The molecule has 0 spiro atoms. The Bertz CT molecular complexity index is 1190. The fourth-order valence-corrected chi connectivity index (χ4v) is 3.50. The number of fused-ring (bicyclic) bond motifs is 1. The van der Waals surface area contributed by atoms with Crippen molar-refractivity contribution >= 4 is 28.1 Å². The highest BCUT2D eigenvalue weighted by atomic mass is 32.1. The van der Waals surface area contributed by atoms with Crippen molar-refractivity contribution in [2.75, 3.05) is 5.43 Å².